The molecular weight excluding hydrogens is 440 g/mol. The summed E-state index contributed by atoms with van der Waals surface area (Å²) in [4.78, 5) is 17.4. The van der Waals surface area contributed by atoms with Crippen molar-refractivity contribution < 1.29 is 18.3 Å². The van der Waals surface area contributed by atoms with Gasteiger partial charge in [0.2, 0.25) is 5.91 Å². The van der Waals surface area contributed by atoms with E-state index in [0.29, 0.717) is 44.0 Å². The molecule has 1 saturated heterocycles. The molecule has 1 aromatic heterocycles. The van der Waals surface area contributed by atoms with Crippen LogP contribution in [-0.4, -0.2) is 46.7 Å². The lowest BCUT2D eigenvalue weighted by atomic mass is 9.95. The minimum atomic E-state index is -0.577. The number of amides is 1. The van der Waals surface area contributed by atoms with Crippen molar-refractivity contribution in [2.75, 3.05) is 26.3 Å². The van der Waals surface area contributed by atoms with Gasteiger partial charge in [0.05, 0.1) is 24.1 Å². The van der Waals surface area contributed by atoms with Gasteiger partial charge in [0.1, 0.15) is 11.6 Å². The maximum absolute atomic E-state index is 14.5. The molecule has 0 radical (unpaired) electrons. The standard InChI is InChI=1S/C18H18BrF2N3O2S/c19-11-1-2-12(20)16(17(11)21)10-7-14-13(22-18(27)24(14)9-10)8-15(25)23-3-5-26-6-4-23/h1-2,10H,3-9H2,(H,22,27). The van der Waals surface area contributed by atoms with Crippen molar-refractivity contribution in [1.82, 2.24) is 14.5 Å². The number of rotatable bonds is 3. The Morgan fingerprint density at radius 3 is 2.81 bits per heavy atom. The Morgan fingerprint density at radius 1 is 1.33 bits per heavy atom. The summed E-state index contributed by atoms with van der Waals surface area (Å²) in [5, 5.41) is 0. The summed E-state index contributed by atoms with van der Waals surface area (Å²) in [5.74, 6) is -1.49. The fraction of sp³-hybridized carbons (Fsp3) is 0.444. The third kappa shape index (κ3) is 3.48. The van der Waals surface area contributed by atoms with Gasteiger partial charge in [0, 0.05) is 42.5 Å². The Morgan fingerprint density at radius 2 is 2.07 bits per heavy atom. The first-order valence-electron chi connectivity index (χ1n) is 8.75. The molecule has 0 spiro atoms. The zero-order valence-corrected chi connectivity index (χ0v) is 16.8. The van der Waals surface area contributed by atoms with Crippen molar-refractivity contribution in [3.63, 3.8) is 0 Å². The number of carbonyl (C=O) groups is 1. The van der Waals surface area contributed by atoms with Crippen LogP contribution in [0.5, 0.6) is 0 Å². The lowest BCUT2D eigenvalue weighted by molar-refractivity contribution is -0.134. The number of nitrogens with one attached hydrogen (secondary N) is 1. The molecule has 2 aliphatic heterocycles. The number of H-pyrrole nitrogens is 1. The number of aromatic nitrogens is 2. The summed E-state index contributed by atoms with van der Waals surface area (Å²) in [6, 6.07) is 2.63. The molecular formula is C18H18BrF2N3O2S. The number of hydrogen-bond donors (Lipinski definition) is 1. The molecule has 27 heavy (non-hydrogen) atoms. The summed E-state index contributed by atoms with van der Waals surface area (Å²) in [5.41, 5.74) is 1.65. The molecule has 0 saturated carbocycles. The topological polar surface area (TPSA) is 50.3 Å². The van der Waals surface area contributed by atoms with Gasteiger partial charge in [-0.25, -0.2) is 8.78 Å². The largest absolute Gasteiger partial charge is 0.378 e. The second-order valence-electron chi connectivity index (χ2n) is 6.79. The Bertz CT molecular complexity index is 953. The molecule has 0 bridgehead atoms. The van der Waals surface area contributed by atoms with E-state index in [1.165, 1.54) is 12.1 Å². The Labute approximate surface area is 168 Å². The van der Waals surface area contributed by atoms with Crippen molar-refractivity contribution >= 4 is 34.1 Å². The van der Waals surface area contributed by atoms with Gasteiger partial charge in [-0.05, 0) is 46.7 Å². The highest BCUT2D eigenvalue weighted by Gasteiger charge is 2.32. The first-order chi connectivity index (χ1) is 13.0. The van der Waals surface area contributed by atoms with Crippen molar-refractivity contribution in [3.8, 4) is 0 Å². The number of morpholine rings is 1. The van der Waals surface area contributed by atoms with Gasteiger partial charge in [-0.2, -0.15) is 0 Å². The van der Waals surface area contributed by atoms with Crippen LogP contribution in [-0.2, 0) is 28.9 Å². The highest BCUT2D eigenvalue weighted by molar-refractivity contribution is 9.10. The average molecular weight is 458 g/mol. The molecule has 1 atom stereocenters. The van der Waals surface area contributed by atoms with Gasteiger partial charge in [-0.3, -0.25) is 4.79 Å². The van der Waals surface area contributed by atoms with E-state index in [9.17, 15) is 13.6 Å². The summed E-state index contributed by atoms with van der Waals surface area (Å²) >= 11 is 8.49. The first-order valence-corrected chi connectivity index (χ1v) is 9.95. The maximum Gasteiger partial charge on any atom is 0.228 e. The molecule has 1 N–H and O–H groups in total. The van der Waals surface area contributed by atoms with Crippen LogP contribution in [0, 0.1) is 16.4 Å². The molecule has 0 aliphatic carbocycles. The number of nitrogens with zero attached hydrogens (tertiary/aromatic N) is 2. The molecule has 2 aliphatic rings. The monoisotopic (exact) mass is 457 g/mol. The first kappa shape index (κ1) is 18.8. The van der Waals surface area contributed by atoms with Crippen LogP contribution in [0.4, 0.5) is 8.78 Å². The second-order valence-corrected chi connectivity index (χ2v) is 8.03. The average Bonchev–Trinajstić information content (AvgIpc) is 3.21. The van der Waals surface area contributed by atoms with E-state index < -0.39 is 11.6 Å². The molecule has 5 nitrogen and oxygen atoms in total. The quantitative estimate of drug-likeness (QED) is 0.567. The van der Waals surface area contributed by atoms with Crippen LogP contribution < -0.4 is 0 Å². The van der Waals surface area contributed by atoms with E-state index in [0.717, 1.165) is 11.4 Å². The maximum atomic E-state index is 14.5. The molecule has 1 aromatic carbocycles. The lowest BCUT2D eigenvalue weighted by Crippen LogP contribution is -2.41. The Kier molecular flexibility index (Phi) is 5.17. The van der Waals surface area contributed by atoms with E-state index in [2.05, 4.69) is 20.9 Å². The van der Waals surface area contributed by atoms with Gasteiger partial charge in [0.15, 0.2) is 4.77 Å². The molecule has 2 aromatic rings. The van der Waals surface area contributed by atoms with Crippen LogP contribution in [0.3, 0.4) is 0 Å². The van der Waals surface area contributed by atoms with Crippen LogP contribution in [0.25, 0.3) is 0 Å². The SMILES string of the molecule is O=C(Cc1[nH]c(=S)n2c1CC(c1c(F)ccc(Br)c1F)C2)N1CCOCC1. The molecule has 4 rings (SSSR count). The van der Waals surface area contributed by atoms with E-state index in [1.54, 1.807) is 4.90 Å². The molecule has 9 heteroatoms. The zero-order chi connectivity index (χ0) is 19.1. The van der Waals surface area contributed by atoms with Crippen LogP contribution in [0.1, 0.15) is 22.9 Å². The summed E-state index contributed by atoms with van der Waals surface area (Å²) in [6.45, 7) is 2.62. The van der Waals surface area contributed by atoms with E-state index in [-0.39, 0.29) is 28.3 Å². The van der Waals surface area contributed by atoms with E-state index >= 15 is 0 Å². The molecule has 1 fully saturated rings. The summed E-state index contributed by atoms with van der Waals surface area (Å²) < 4.78 is 36.6. The van der Waals surface area contributed by atoms with Gasteiger partial charge in [-0.1, -0.05) is 0 Å². The lowest BCUT2D eigenvalue weighted by Gasteiger charge is -2.26. The molecule has 1 amide bonds. The number of imidazole rings is 1. The Balaban J connectivity index is 1.58. The number of carbonyl (C=O) groups excluding carboxylic acids is 1. The van der Waals surface area contributed by atoms with Crippen molar-refractivity contribution in [3.05, 3.63) is 50.0 Å². The van der Waals surface area contributed by atoms with Crippen molar-refractivity contribution in [2.45, 2.75) is 25.3 Å². The zero-order valence-electron chi connectivity index (χ0n) is 14.4. The summed E-state index contributed by atoms with van der Waals surface area (Å²) in [7, 11) is 0. The van der Waals surface area contributed by atoms with E-state index in [4.69, 9.17) is 17.0 Å². The third-order valence-corrected chi connectivity index (χ3v) is 6.13. The Hall–Kier alpha value is -1.58. The molecule has 144 valence electrons. The minimum absolute atomic E-state index is 0.00113. The number of hydrogen-bond acceptors (Lipinski definition) is 3. The minimum Gasteiger partial charge on any atom is -0.378 e. The fourth-order valence-electron chi connectivity index (χ4n) is 3.83. The number of ether oxygens (including phenoxy) is 1. The highest BCUT2D eigenvalue weighted by atomic mass is 79.9. The number of benzene rings is 1. The highest BCUT2D eigenvalue weighted by Crippen LogP contribution is 2.36. The normalized spacial score (nSPS) is 19.4. The van der Waals surface area contributed by atoms with Gasteiger partial charge in [-0.15, -0.1) is 0 Å². The predicted molar refractivity (Wildman–Crippen MR) is 101 cm³/mol. The van der Waals surface area contributed by atoms with Gasteiger partial charge >= 0.3 is 0 Å². The van der Waals surface area contributed by atoms with Gasteiger partial charge < -0.3 is 19.2 Å². The fourth-order valence-corrected chi connectivity index (χ4v) is 4.49. The second kappa shape index (κ2) is 7.44. The van der Waals surface area contributed by atoms with Crippen molar-refractivity contribution in [2.24, 2.45) is 0 Å². The molecule has 1 unspecified atom stereocenters. The van der Waals surface area contributed by atoms with Crippen LogP contribution in [0.2, 0.25) is 0 Å². The summed E-state index contributed by atoms with van der Waals surface area (Å²) in [6.07, 6.45) is 0.630. The smallest absolute Gasteiger partial charge is 0.228 e. The number of fused-ring (bicyclic) bond motifs is 1. The number of aromatic amines is 1. The van der Waals surface area contributed by atoms with Crippen molar-refractivity contribution in [1.29, 1.82) is 0 Å². The van der Waals surface area contributed by atoms with Gasteiger partial charge in [0.25, 0.3) is 0 Å². The number of halogens is 3. The van der Waals surface area contributed by atoms with Crippen LogP contribution in [0.15, 0.2) is 16.6 Å². The third-order valence-electron chi connectivity index (χ3n) is 5.20. The van der Waals surface area contributed by atoms with E-state index in [1.807, 2.05) is 4.57 Å². The van der Waals surface area contributed by atoms with Crippen LogP contribution >= 0.6 is 28.1 Å². The predicted octanol–water partition coefficient (Wildman–Crippen LogP) is 3.33. The molecule has 3 heterocycles.